The Morgan fingerprint density at radius 2 is 2.15 bits per heavy atom. The Hall–Kier alpha value is -1.63. The first-order valence-electron chi connectivity index (χ1n) is 6.65. The van der Waals surface area contributed by atoms with Crippen molar-refractivity contribution in [1.29, 1.82) is 0 Å². The molecule has 6 heteroatoms. The van der Waals surface area contributed by atoms with Crippen LogP contribution in [0.1, 0.15) is 5.56 Å². The van der Waals surface area contributed by atoms with Crippen LogP contribution in [-0.2, 0) is 20.7 Å². The summed E-state index contributed by atoms with van der Waals surface area (Å²) in [7, 11) is 0. The smallest absolute Gasteiger partial charge is 0.237 e. The molecule has 0 radical (unpaired) electrons. The second-order valence-electron chi connectivity index (χ2n) is 4.79. The summed E-state index contributed by atoms with van der Waals surface area (Å²) in [4.78, 5) is 11.9. The van der Waals surface area contributed by atoms with Gasteiger partial charge in [-0.25, -0.2) is 0 Å². The Morgan fingerprint density at radius 1 is 1.40 bits per heavy atom. The fourth-order valence-electron chi connectivity index (χ4n) is 1.98. The van der Waals surface area contributed by atoms with Gasteiger partial charge in [0.2, 0.25) is 5.91 Å². The zero-order valence-electron chi connectivity index (χ0n) is 11.2. The quantitative estimate of drug-likeness (QED) is 0.694. The maximum atomic E-state index is 11.9. The van der Waals surface area contributed by atoms with Gasteiger partial charge in [-0.2, -0.15) is 0 Å². The van der Waals surface area contributed by atoms with Crippen LogP contribution in [0.3, 0.4) is 0 Å². The summed E-state index contributed by atoms with van der Waals surface area (Å²) >= 11 is 0. The summed E-state index contributed by atoms with van der Waals surface area (Å²) in [6, 6.07) is 6.03. The molecule has 2 atom stereocenters. The Labute approximate surface area is 117 Å². The molecule has 1 aromatic carbocycles. The summed E-state index contributed by atoms with van der Waals surface area (Å²) in [6.45, 7) is 2.06. The van der Waals surface area contributed by atoms with Crippen molar-refractivity contribution in [2.45, 2.75) is 18.6 Å². The second-order valence-corrected chi connectivity index (χ2v) is 4.79. The second kappa shape index (κ2) is 7.23. The van der Waals surface area contributed by atoms with Crippen LogP contribution in [0.5, 0.6) is 5.75 Å². The minimum absolute atomic E-state index is 0.103. The number of amides is 1. The molecule has 1 aliphatic heterocycles. The third kappa shape index (κ3) is 4.48. The molecular weight excluding hydrogens is 260 g/mol. The number of hydrogen-bond donors (Lipinski definition) is 3. The standard InChI is InChI=1S/C14H20N2O4/c15-13(7-10-1-3-11(17)4-2-10)14(18)16-8-12-9-19-5-6-20-12/h1-4,12-13,17H,5-9,15H2,(H,16,18)/t12?,13-/m0/s1. The predicted octanol–water partition coefficient (Wildman–Crippen LogP) is -0.206. The highest BCUT2D eigenvalue weighted by Crippen LogP contribution is 2.10. The van der Waals surface area contributed by atoms with Gasteiger partial charge in [0.05, 0.1) is 32.0 Å². The number of benzene rings is 1. The van der Waals surface area contributed by atoms with Crippen molar-refractivity contribution in [3.05, 3.63) is 29.8 Å². The van der Waals surface area contributed by atoms with Crippen molar-refractivity contribution in [2.75, 3.05) is 26.4 Å². The molecule has 1 amide bonds. The zero-order valence-corrected chi connectivity index (χ0v) is 11.2. The van der Waals surface area contributed by atoms with Crippen molar-refractivity contribution < 1.29 is 19.4 Å². The number of nitrogens with one attached hydrogen (secondary N) is 1. The van der Waals surface area contributed by atoms with E-state index in [1.165, 1.54) is 0 Å². The van der Waals surface area contributed by atoms with Crippen LogP contribution in [0.4, 0.5) is 0 Å². The van der Waals surface area contributed by atoms with Crippen LogP contribution < -0.4 is 11.1 Å². The van der Waals surface area contributed by atoms with Gasteiger partial charge < -0.3 is 25.6 Å². The molecule has 20 heavy (non-hydrogen) atoms. The summed E-state index contributed by atoms with van der Waals surface area (Å²) in [5, 5.41) is 12.0. The lowest BCUT2D eigenvalue weighted by atomic mass is 10.1. The first-order valence-corrected chi connectivity index (χ1v) is 6.65. The van der Waals surface area contributed by atoms with E-state index in [1.807, 2.05) is 0 Å². The van der Waals surface area contributed by atoms with E-state index >= 15 is 0 Å². The van der Waals surface area contributed by atoms with E-state index in [0.717, 1.165) is 5.56 Å². The molecule has 110 valence electrons. The molecule has 1 saturated heterocycles. The number of aromatic hydroxyl groups is 1. The lowest BCUT2D eigenvalue weighted by Crippen LogP contribution is -2.46. The average Bonchev–Trinajstić information content (AvgIpc) is 2.48. The predicted molar refractivity (Wildman–Crippen MR) is 73.4 cm³/mol. The number of nitrogens with two attached hydrogens (primary N) is 1. The average molecular weight is 280 g/mol. The van der Waals surface area contributed by atoms with Gasteiger partial charge >= 0.3 is 0 Å². The molecular formula is C14H20N2O4. The molecule has 0 aromatic heterocycles. The topological polar surface area (TPSA) is 93.8 Å². The number of hydrogen-bond acceptors (Lipinski definition) is 5. The zero-order chi connectivity index (χ0) is 14.4. The molecule has 1 heterocycles. The van der Waals surface area contributed by atoms with E-state index in [4.69, 9.17) is 15.2 Å². The SMILES string of the molecule is N[C@@H](Cc1ccc(O)cc1)C(=O)NCC1COCCO1. The third-order valence-corrected chi connectivity index (χ3v) is 3.12. The monoisotopic (exact) mass is 280 g/mol. The summed E-state index contributed by atoms with van der Waals surface area (Å²) in [5.74, 6) is -0.0199. The lowest BCUT2D eigenvalue weighted by molar-refractivity contribution is -0.125. The Bertz CT molecular complexity index is 429. The van der Waals surface area contributed by atoms with Crippen molar-refractivity contribution >= 4 is 5.91 Å². The highest BCUT2D eigenvalue weighted by molar-refractivity contribution is 5.81. The van der Waals surface area contributed by atoms with Crippen molar-refractivity contribution in [1.82, 2.24) is 5.32 Å². The van der Waals surface area contributed by atoms with E-state index in [0.29, 0.717) is 32.8 Å². The Morgan fingerprint density at radius 3 is 2.80 bits per heavy atom. The van der Waals surface area contributed by atoms with E-state index in [1.54, 1.807) is 24.3 Å². The van der Waals surface area contributed by atoms with E-state index < -0.39 is 6.04 Å². The molecule has 6 nitrogen and oxygen atoms in total. The molecule has 1 aromatic rings. The van der Waals surface area contributed by atoms with Gasteiger partial charge in [-0.15, -0.1) is 0 Å². The fourth-order valence-corrected chi connectivity index (χ4v) is 1.98. The van der Waals surface area contributed by atoms with Gasteiger partial charge in [-0.1, -0.05) is 12.1 Å². The first-order chi connectivity index (χ1) is 9.65. The summed E-state index contributed by atoms with van der Waals surface area (Å²) in [5.41, 5.74) is 6.76. The van der Waals surface area contributed by atoms with Crippen LogP contribution in [0.15, 0.2) is 24.3 Å². The van der Waals surface area contributed by atoms with Crippen LogP contribution in [0, 0.1) is 0 Å². The highest BCUT2D eigenvalue weighted by atomic mass is 16.6. The van der Waals surface area contributed by atoms with Crippen LogP contribution in [-0.4, -0.2) is 49.5 Å². The van der Waals surface area contributed by atoms with Crippen molar-refractivity contribution in [3.8, 4) is 5.75 Å². The third-order valence-electron chi connectivity index (χ3n) is 3.12. The minimum Gasteiger partial charge on any atom is -0.508 e. The number of carbonyl (C=O) groups is 1. The maximum absolute atomic E-state index is 11.9. The van der Waals surface area contributed by atoms with Crippen LogP contribution >= 0.6 is 0 Å². The molecule has 1 fully saturated rings. The number of phenolic OH excluding ortho intramolecular Hbond substituents is 1. The number of phenols is 1. The number of carbonyl (C=O) groups excluding carboxylic acids is 1. The fraction of sp³-hybridized carbons (Fsp3) is 0.500. The summed E-state index contributed by atoms with van der Waals surface area (Å²) in [6.07, 6.45) is 0.322. The van der Waals surface area contributed by atoms with Crippen molar-refractivity contribution in [2.24, 2.45) is 5.73 Å². The van der Waals surface area contributed by atoms with Crippen LogP contribution in [0.25, 0.3) is 0 Å². The van der Waals surface area contributed by atoms with Crippen LogP contribution in [0.2, 0.25) is 0 Å². The van der Waals surface area contributed by atoms with Crippen molar-refractivity contribution in [3.63, 3.8) is 0 Å². The molecule has 1 aliphatic rings. The molecule has 0 aliphatic carbocycles. The summed E-state index contributed by atoms with van der Waals surface area (Å²) < 4.78 is 10.7. The van der Waals surface area contributed by atoms with E-state index in [9.17, 15) is 9.90 Å². The lowest BCUT2D eigenvalue weighted by Gasteiger charge is -2.23. The molecule has 4 N–H and O–H groups in total. The maximum Gasteiger partial charge on any atom is 0.237 e. The molecule has 2 rings (SSSR count). The highest BCUT2D eigenvalue weighted by Gasteiger charge is 2.18. The molecule has 1 unspecified atom stereocenters. The van der Waals surface area contributed by atoms with Gasteiger partial charge in [0.15, 0.2) is 0 Å². The van der Waals surface area contributed by atoms with Gasteiger partial charge in [-0.05, 0) is 24.1 Å². The number of ether oxygens (including phenoxy) is 2. The Balaban J connectivity index is 1.75. The van der Waals surface area contributed by atoms with Gasteiger partial charge in [0.25, 0.3) is 0 Å². The first kappa shape index (κ1) is 14.8. The minimum atomic E-state index is -0.621. The van der Waals surface area contributed by atoms with E-state index in [-0.39, 0.29) is 17.8 Å². The number of rotatable bonds is 5. The Kier molecular flexibility index (Phi) is 5.34. The molecule has 0 saturated carbocycles. The van der Waals surface area contributed by atoms with Gasteiger partial charge in [0.1, 0.15) is 5.75 Å². The largest absolute Gasteiger partial charge is 0.508 e. The normalized spacial score (nSPS) is 20.4. The molecule has 0 spiro atoms. The van der Waals surface area contributed by atoms with Gasteiger partial charge in [0, 0.05) is 6.54 Å². The van der Waals surface area contributed by atoms with Gasteiger partial charge in [-0.3, -0.25) is 4.79 Å². The molecule has 0 bridgehead atoms. The van der Waals surface area contributed by atoms with E-state index in [2.05, 4.69) is 5.32 Å².